The van der Waals surface area contributed by atoms with Crippen molar-refractivity contribution < 1.29 is 9.18 Å². The topological polar surface area (TPSA) is 55.1 Å². The molecule has 0 bridgehead atoms. The highest BCUT2D eigenvalue weighted by Gasteiger charge is 2.01. The summed E-state index contributed by atoms with van der Waals surface area (Å²) in [6.45, 7) is 0.289. The Morgan fingerprint density at radius 2 is 2.36 bits per heavy atom. The molecule has 0 aromatic heterocycles. The maximum atomic E-state index is 12.7. The van der Waals surface area contributed by atoms with Crippen LogP contribution < -0.4 is 11.1 Å². The molecule has 0 saturated carbocycles. The Hall–Kier alpha value is -1.29. The van der Waals surface area contributed by atoms with Gasteiger partial charge in [0.1, 0.15) is 5.82 Å². The molecule has 3 nitrogen and oxygen atoms in total. The number of urea groups is 1. The van der Waals surface area contributed by atoms with E-state index in [2.05, 4.69) is 5.32 Å². The molecule has 14 heavy (non-hydrogen) atoms. The van der Waals surface area contributed by atoms with Crippen LogP contribution in [0.25, 0.3) is 0 Å². The highest BCUT2D eigenvalue weighted by atomic mass is 35.5. The highest BCUT2D eigenvalue weighted by molar-refractivity contribution is 6.30. The second-order valence-corrected chi connectivity index (χ2v) is 3.03. The van der Waals surface area contributed by atoms with Gasteiger partial charge in [-0.1, -0.05) is 17.7 Å². The number of hydrogen-bond acceptors (Lipinski definition) is 1. The van der Waals surface area contributed by atoms with Crippen LogP contribution in [0.2, 0.25) is 5.02 Å². The first-order valence-corrected chi connectivity index (χ1v) is 4.29. The van der Waals surface area contributed by atoms with Gasteiger partial charge in [-0.05, 0) is 17.7 Å². The summed E-state index contributed by atoms with van der Waals surface area (Å²) in [5.41, 5.74) is 5.58. The summed E-state index contributed by atoms with van der Waals surface area (Å²) in [6, 6.07) is 3.69. The third kappa shape index (κ3) is 3.22. The summed E-state index contributed by atoms with van der Waals surface area (Å²) >= 11 is 5.55. The standard InChI is InChI=1S/C9H9ClFN2O/c10-7-5-6(1-2-8(7)11)3-4-13-9(12)14/h1-3,5H,4H2,(H3,12,13,14). The summed E-state index contributed by atoms with van der Waals surface area (Å²) in [6.07, 6.45) is 1.68. The van der Waals surface area contributed by atoms with Gasteiger partial charge in [-0.15, -0.1) is 0 Å². The minimum absolute atomic E-state index is 0.0535. The first-order valence-electron chi connectivity index (χ1n) is 3.91. The molecule has 0 spiro atoms. The van der Waals surface area contributed by atoms with Crippen molar-refractivity contribution in [2.75, 3.05) is 6.54 Å². The number of amides is 2. The first kappa shape index (κ1) is 10.8. The van der Waals surface area contributed by atoms with Gasteiger partial charge in [-0.2, -0.15) is 0 Å². The zero-order valence-corrected chi connectivity index (χ0v) is 8.01. The summed E-state index contributed by atoms with van der Waals surface area (Å²) < 4.78 is 12.7. The normalized spacial score (nSPS) is 9.86. The maximum Gasteiger partial charge on any atom is 0.312 e. The molecule has 0 aliphatic heterocycles. The third-order valence-corrected chi connectivity index (χ3v) is 1.85. The van der Waals surface area contributed by atoms with E-state index in [0.29, 0.717) is 0 Å². The van der Waals surface area contributed by atoms with E-state index in [1.807, 2.05) is 0 Å². The van der Waals surface area contributed by atoms with Crippen LogP contribution in [0.15, 0.2) is 18.2 Å². The van der Waals surface area contributed by atoms with Crippen LogP contribution in [0.5, 0.6) is 0 Å². The molecule has 0 fully saturated rings. The highest BCUT2D eigenvalue weighted by Crippen LogP contribution is 2.16. The van der Waals surface area contributed by atoms with Gasteiger partial charge < -0.3 is 11.1 Å². The molecule has 5 heteroatoms. The van der Waals surface area contributed by atoms with Crippen molar-refractivity contribution in [3.63, 3.8) is 0 Å². The fourth-order valence-electron chi connectivity index (χ4n) is 0.909. The van der Waals surface area contributed by atoms with E-state index < -0.39 is 11.8 Å². The molecule has 1 aromatic carbocycles. The zero-order chi connectivity index (χ0) is 10.6. The van der Waals surface area contributed by atoms with E-state index in [4.69, 9.17) is 17.3 Å². The first-order chi connectivity index (χ1) is 6.59. The number of nitrogens with one attached hydrogen (secondary N) is 1. The molecule has 75 valence electrons. The Labute approximate surface area is 86.0 Å². The lowest BCUT2D eigenvalue weighted by Gasteiger charge is -2.02. The van der Waals surface area contributed by atoms with E-state index in [0.717, 1.165) is 5.56 Å². The van der Waals surface area contributed by atoms with Gasteiger partial charge in [-0.3, -0.25) is 0 Å². The minimum atomic E-state index is -0.602. The van der Waals surface area contributed by atoms with Crippen molar-refractivity contribution in [1.82, 2.24) is 5.32 Å². The van der Waals surface area contributed by atoms with Crippen LogP contribution >= 0.6 is 11.6 Å². The van der Waals surface area contributed by atoms with Gasteiger partial charge in [0.15, 0.2) is 0 Å². The number of hydrogen-bond donors (Lipinski definition) is 2. The second-order valence-electron chi connectivity index (χ2n) is 2.62. The summed E-state index contributed by atoms with van der Waals surface area (Å²) in [5.74, 6) is -0.466. The van der Waals surface area contributed by atoms with Gasteiger partial charge in [0.25, 0.3) is 0 Å². The Morgan fingerprint density at radius 1 is 1.64 bits per heavy atom. The van der Waals surface area contributed by atoms with Gasteiger partial charge in [0.2, 0.25) is 0 Å². The van der Waals surface area contributed by atoms with Crippen molar-refractivity contribution in [2.45, 2.75) is 0 Å². The van der Waals surface area contributed by atoms with Crippen LogP contribution in [-0.4, -0.2) is 12.6 Å². The van der Waals surface area contributed by atoms with Crippen molar-refractivity contribution in [3.8, 4) is 0 Å². The van der Waals surface area contributed by atoms with Crippen LogP contribution in [0, 0.1) is 12.2 Å². The number of nitrogens with two attached hydrogens (primary N) is 1. The number of halogens is 2. The molecule has 0 aliphatic carbocycles. The molecule has 0 aliphatic rings. The predicted octanol–water partition coefficient (Wildman–Crippen LogP) is 1.70. The lowest BCUT2D eigenvalue weighted by Crippen LogP contribution is -2.30. The largest absolute Gasteiger partial charge is 0.352 e. The Balaban J connectivity index is 2.51. The molecule has 0 heterocycles. The van der Waals surface area contributed by atoms with E-state index in [9.17, 15) is 9.18 Å². The fourth-order valence-corrected chi connectivity index (χ4v) is 1.10. The Morgan fingerprint density at radius 3 is 2.93 bits per heavy atom. The molecular formula is C9H9ClFN2O. The molecule has 1 rings (SSSR count). The van der Waals surface area contributed by atoms with Crippen molar-refractivity contribution in [3.05, 3.63) is 41.0 Å². The number of carbonyl (C=O) groups is 1. The summed E-state index contributed by atoms with van der Waals surface area (Å²) in [5, 5.41) is 2.43. The number of carbonyl (C=O) groups excluding carboxylic acids is 1. The molecule has 1 aromatic rings. The quantitative estimate of drug-likeness (QED) is 0.792. The molecule has 1 radical (unpaired) electrons. The second kappa shape index (κ2) is 4.81. The van der Waals surface area contributed by atoms with Crippen LogP contribution in [-0.2, 0) is 0 Å². The predicted molar refractivity (Wildman–Crippen MR) is 52.4 cm³/mol. The molecule has 0 saturated heterocycles. The number of rotatable bonds is 3. The minimum Gasteiger partial charge on any atom is -0.352 e. The fraction of sp³-hybridized carbons (Fsp3) is 0.111. The van der Waals surface area contributed by atoms with Gasteiger partial charge in [-0.25, -0.2) is 9.18 Å². The third-order valence-electron chi connectivity index (χ3n) is 1.56. The molecule has 0 atom stereocenters. The molecule has 0 unspecified atom stereocenters. The molecular weight excluding hydrogens is 207 g/mol. The molecule has 3 N–H and O–H groups in total. The van der Waals surface area contributed by atoms with Gasteiger partial charge in [0, 0.05) is 13.0 Å². The average molecular weight is 216 g/mol. The average Bonchev–Trinajstić information content (AvgIpc) is 2.10. The monoisotopic (exact) mass is 215 g/mol. The summed E-state index contributed by atoms with van der Waals surface area (Å²) in [7, 11) is 0. The van der Waals surface area contributed by atoms with Crippen molar-refractivity contribution in [2.24, 2.45) is 5.73 Å². The SMILES string of the molecule is NC(=O)NC[CH]c1ccc(F)c(Cl)c1. The maximum absolute atomic E-state index is 12.7. The van der Waals surface area contributed by atoms with Crippen molar-refractivity contribution >= 4 is 17.6 Å². The van der Waals surface area contributed by atoms with E-state index in [1.54, 1.807) is 12.5 Å². The lowest BCUT2D eigenvalue weighted by atomic mass is 10.1. The number of benzene rings is 1. The van der Waals surface area contributed by atoms with E-state index in [1.165, 1.54) is 12.1 Å². The zero-order valence-electron chi connectivity index (χ0n) is 7.26. The van der Waals surface area contributed by atoms with E-state index >= 15 is 0 Å². The van der Waals surface area contributed by atoms with E-state index in [-0.39, 0.29) is 11.6 Å². The van der Waals surface area contributed by atoms with Gasteiger partial charge in [0.05, 0.1) is 5.02 Å². The number of primary amides is 1. The Bertz CT molecular complexity index is 344. The lowest BCUT2D eigenvalue weighted by molar-refractivity contribution is 0.249. The Kier molecular flexibility index (Phi) is 3.71. The molecule has 2 amide bonds. The van der Waals surface area contributed by atoms with Gasteiger partial charge >= 0.3 is 6.03 Å². The summed E-state index contributed by atoms with van der Waals surface area (Å²) in [4.78, 5) is 10.3. The van der Waals surface area contributed by atoms with Crippen LogP contribution in [0.3, 0.4) is 0 Å². The van der Waals surface area contributed by atoms with Crippen LogP contribution in [0.1, 0.15) is 5.56 Å². The van der Waals surface area contributed by atoms with Crippen LogP contribution in [0.4, 0.5) is 9.18 Å². The van der Waals surface area contributed by atoms with Crippen molar-refractivity contribution in [1.29, 1.82) is 0 Å². The smallest absolute Gasteiger partial charge is 0.312 e.